The Kier molecular flexibility index (Phi) is 4.54. The number of sulfone groups is 1. The van der Waals surface area contributed by atoms with Crippen LogP contribution < -0.4 is 5.32 Å². The van der Waals surface area contributed by atoms with Crippen molar-refractivity contribution >= 4 is 33.0 Å². The van der Waals surface area contributed by atoms with Gasteiger partial charge in [0.2, 0.25) is 0 Å². The molecular weight excluding hydrogens is 293 g/mol. The van der Waals surface area contributed by atoms with Crippen molar-refractivity contribution in [3.63, 3.8) is 0 Å². The van der Waals surface area contributed by atoms with Crippen molar-refractivity contribution in [1.82, 2.24) is 5.32 Å². The third-order valence-corrected chi connectivity index (χ3v) is 5.59. The first kappa shape index (κ1) is 14.1. The molecule has 1 aliphatic heterocycles. The van der Waals surface area contributed by atoms with E-state index in [1.54, 1.807) is 6.07 Å². The zero-order valence-electron chi connectivity index (χ0n) is 9.83. The van der Waals surface area contributed by atoms with Crippen LogP contribution in [0.3, 0.4) is 0 Å². The summed E-state index contributed by atoms with van der Waals surface area (Å²) >= 11 is 11.8. The quantitative estimate of drug-likeness (QED) is 0.934. The predicted octanol–water partition coefficient (Wildman–Crippen LogP) is 2.66. The predicted molar refractivity (Wildman–Crippen MR) is 75.0 cm³/mol. The molecular formula is C12H15Cl2NO2S. The Morgan fingerprint density at radius 2 is 1.83 bits per heavy atom. The van der Waals surface area contributed by atoms with Crippen molar-refractivity contribution in [3.05, 3.63) is 33.8 Å². The topological polar surface area (TPSA) is 46.2 Å². The van der Waals surface area contributed by atoms with Crippen LogP contribution in [-0.4, -0.2) is 26.0 Å². The molecule has 0 amide bonds. The molecule has 3 nitrogen and oxygen atoms in total. The van der Waals surface area contributed by atoms with Gasteiger partial charge in [0.05, 0.1) is 21.6 Å². The third kappa shape index (κ3) is 3.85. The Morgan fingerprint density at radius 3 is 2.44 bits per heavy atom. The summed E-state index contributed by atoms with van der Waals surface area (Å²) in [5.74, 6) is 0.568. The molecule has 1 N–H and O–H groups in total. The molecule has 6 heteroatoms. The van der Waals surface area contributed by atoms with E-state index in [0.717, 1.165) is 5.56 Å². The number of hydrogen-bond acceptors (Lipinski definition) is 3. The van der Waals surface area contributed by atoms with Gasteiger partial charge >= 0.3 is 0 Å². The smallest absolute Gasteiger partial charge is 0.150 e. The van der Waals surface area contributed by atoms with E-state index in [4.69, 9.17) is 23.2 Å². The molecule has 1 fully saturated rings. The van der Waals surface area contributed by atoms with Crippen LogP contribution >= 0.6 is 23.2 Å². The molecule has 0 aromatic heterocycles. The average Bonchev–Trinajstić information content (AvgIpc) is 2.32. The average molecular weight is 308 g/mol. The zero-order valence-corrected chi connectivity index (χ0v) is 12.2. The Balaban J connectivity index is 1.87. The minimum atomic E-state index is -2.79. The Labute approximate surface area is 117 Å². The van der Waals surface area contributed by atoms with Gasteiger partial charge in [-0.25, -0.2) is 8.42 Å². The monoisotopic (exact) mass is 307 g/mol. The first-order chi connectivity index (χ1) is 8.46. The molecule has 0 aliphatic carbocycles. The molecule has 100 valence electrons. The van der Waals surface area contributed by atoms with Crippen LogP contribution in [-0.2, 0) is 16.4 Å². The molecule has 0 spiro atoms. The van der Waals surface area contributed by atoms with E-state index in [-0.39, 0.29) is 17.5 Å². The number of rotatable bonds is 3. The van der Waals surface area contributed by atoms with E-state index in [9.17, 15) is 8.42 Å². The summed E-state index contributed by atoms with van der Waals surface area (Å²) in [7, 11) is -2.79. The molecule has 0 bridgehead atoms. The summed E-state index contributed by atoms with van der Waals surface area (Å²) < 4.78 is 22.6. The van der Waals surface area contributed by atoms with E-state index in [1.165, 1.54) is 0 Å². The summed E-state index contributed by atoms with van der Waals surface area (Å²) in [6.45, 7) is 0.682. The number of hydrogen-bond donors (Lipinski definition) is 1. The molecule has 1 heterocycles. The second-order valence-corrected chi connectivity index (χ2v) is 7.67. The maximum atomic E-state index is 11.3. The SMILES string of the molecule is O=S1(=O)CCC(NCc2ccc(Cl)c(Cl)c2)CC1. The number of halogens is 2. The standard InChI is InChI=1S/C12H15Cl2NO2S/c13-11-2-1-9(7-12(11)14)8-15-10-3-5-18(16,17)6-4-10/h1-2,7,10,15H,3-6,8H2. The van der Waals surface area contributed by atoms with Crippen LogP contribution in [0.5, 0.6) is 0 Å². The molecule has 1 aromatic rings. The first-order valence-corrected chi connectivity index (χ1v) is 8.42. The van der Waals surface area contributed by atoms with E-state index in [1.807, 2.05) is 12.1 Å². The van der Waals surface area contributed by atoms with Gasteiger partial charge in [0.25, 0.3) is 0 Å². The highest BCUT2D eigenvalue weighted by molar-refractivity contribution is 7.91. The molecule has 18 heavy (non-hydrogen) atoms. The van der Waals surface area contributed by atoms with Gasteiger partial charge in [-0.3, -0.25) is 0 Å². The van der Waals surface area contributed by atoms with Crippen molar-refractivity contribution in [3.8, 4) is 0 Å². The fourth-order valence-corrected chi connectivity index (χ4v) is 3.82. The van der Waals surface area contributed by atoms with Crippen LogP contribution in [0.2, 0.25) is 10.0 Å². The molecule has 0 atom stereocenters. The van der Waals surface area contributed by atoms with E-state index in [0.29, 0.717) is 29.4 Å². The summed E-state index contributed by atoms with van der Waals surface area (Å²) in [5, 5.41) is 4.45. The van der Waals surface area contributed by atoms with Gasteiger partial charge < -0.3 is 5.32 Å². The second-order valence-electron chi connectivity index (χ2n) is 4.56. The minimum absolute atomic E-state index is 0.267. The lowest BCUT2D eigenvalue weighted by Crippen LogP contribution is -2.37. The van der Waals surface area contributed by atoms with Gasteiger partial charge in [0.1, 0.15) is 9.84 Å². The highest BCUT2D eigenvalue weighted by Crippen LogP contribution is 2.22. The van der Waals surface area contributed by atoms with Gasteiger partial charge in [-0.05, 0) is 30.5 Å². The highest BCUT2D eigenvalue weighted by Gasteiger charge is 2.22. The molecule has 1 saturated heterocycles. The highest BCUT2D eigenvalue weighted by atomic mass is 35.5. The van der Waals surface area contributed by atoms with Crippen molar-refractivity contribution in [2.24, 2.45) is 0 Å². The van der Waals surface area contributed by atoms with E-state index in [2.05, 4.69) is 5.32 Å². The maximum absolute atomic E-state index is 11.3. The van der Waals surface area contributed by atoms with Gasteiger partial charge in [-0.15, -0.1) is 0 Å². The van der Waals surface area contributed by atoms with Crippen LogP contribution in [0, 0.1) is 0 Å². The minimum Gasteiger partial charge on any atom is -0.310 e. The summed E-state index contributed by atoms with van der Waals surface area (Å²) in [6, 6.07) is 5.78. The lowest BCUT2D eigenvalue weighted by atomic mass is 10.1. The number of nitrogens with one attached hydrogen (secondary N) is 1. The fraction of sp³-hybridized carbons (Fsp3) is 0.500. The molecule has 0 saturated carbocycles. The van der Waals surface area contributed by atoms with Crippen LogP contribution in [0.25, 0.3) is 0 Å². The lowest BCUT2D eigenvalue weighted by molar-refractivity contribution is 0.463. The van der Waals surface area contributed by atoms with Crippen molar-refractivity contribution in [2.45, 2.75) is 25.4 Å². The number of benzene rings is 1. The normalized spacial score (nSPS) is 19.9. The summed E-state index contributed by atoms with van der Waals surface area (Å²) in [5.41, 5.74) is 1.05. The lowest BCUT2D eigenvalue weighted by Gasteiger charge is -2.23. The van der Waals surface area contributed by atoms with Gasteiger partial charge in [-0.1, -0.05) is 29.3 Å². The van der Waals surface area contributed by atoms with Gasteiger partial charge in [0, 0.05) is 12.6 Å². The first-order valence-electron chi connectivity index (χ1n) is 5.84. The van der Waals surface area contributed by atoms with Crippen molar-refractivity contribution in [1.29, 1.82) is 0 Å². The van der Waals surface area contributed by atoms with Crippen molar-refractivity contribution in [2.75, 3.05) is 11.5 Å². The molecule has 0 radical (unpaired) electrons. The fourth-order valence-electron chi connectivity index (χ4n) is 2.01. The van der Waals surface area contributed by atoms with E-state index < -0.39 is 9.84 Å². The largest absolute Gasteiger partial charge is 0.310 e. The summed E-state index contributed by atoms with van der Waals surface area (Å²) in [4.78, 5) is 0. The Bertz CT molecular complexity index is 517. The summed E-state index contributed by atoms with van der Waals surface area (Å²) in [6.07, 6.45) is 1.37. The molecule has 1 aliphatic rings. The van der Waals surface area contributed by atoms with E-state index >= 15 is 0 Å². The van der Waals surface area contributed by atoms with Crippen LogP contribution in [0.15, 0.2) is 18.2 Å². The molecule has 1 aromatic carbocycles. The second kappa shape index (κ2) is 5.78. The van der Waals surface area contributed by atoms with Crippen LogP contribution in [0.4, 0.5) is 0 Å². The van der Waals surface area contributed by atoms with Crippen LogP contribution in [0.1, 0.15) is 18.4 Å². The third-order valence-electron chi connectivity index (χ3n) is 3.13. The van der Waals surface area contributed by atoms with Gasteiger partial charge in [-0.2, -0.15) is 0 Å². The molecule has 0 unspecified atom stereocenters. The van der Waals surface area contributed by atoms with Crippen molar-refractivity contribution < 1.29 is 8.42 Å². The van der Waals surface area contributed by atoms with Gasteiger partial charge in [0.15, 0.2) is 0 Å². The molecule has 2 rings (SSSR count). The Morgan fingerprint density at radius 1 is 1.17 bits per heavy atom. The zero-order chi connectivity index (χ0) is 13.2. The maximum Gasteiger partial charge on any atom is 0.150 e. The Hall–Kier alpha value is -0.290.